The summed E-state index contributed by atoms with van der Waals surface area (Å²) in [5.74, 6) is 1.71. The molecule has 1 aromatic rings. The van der Waals surface area contributed by atoms with Gasteiger partial charge in [-0.25, -0.2) is 0 Å². The molecule has 1 aliphatic rings. The molecule has 0 aliphatic heterocycles. The van der Waals surface area contributed by atoms with Crippen LogP contribution in [0.5, 0.6) is 5.75 Å². The minimum atomic E-state index is 0.136. The zero-order valence-corrected chi connectivity index (χ0v) is 11.8. The zero-order chi connectivity index (χ0) is 13.8. The van der Waals surface area contributed by atoms with E-state index in [4.69, 9.17) is 10.5 Å². The number of nitrogens with two attached hydrogens (primary N) is 1. The molecule has 2 N–H and O–H groups in total. The fourth-order valence-electron chi connectivity index (χ4n) is 2.99. The van der Waals surface area contributed by atoms with E-state index in [1.54, 1.807) is 13.2 Å². The topological polar surface area (TPSA) is 52.3 Å². The molecule has 1 aliphatic carbocycles. The molecule has 0 aromatic heterocycles. The number of Topliss-reactive ketones (excluding diaryl/α,β-unsaturated/α-hetero) is 1. The number of hydrogen-bond acceptors (Lipinski definition) is 3. The van der Waals surface area contributed by atoms with Gasteiger partial charge in [-0.3, -0.25) is 4.79 Å². The van der Waals surface area contributed by atoms with Gasteiger partial charge in [-0.1, -0.05) is 19.4 Å². The average molecular weight is 261 g/mol. The third-order valence-corrected chi connectivity index (χ3v) is 4.35. The smallest absolute Gasteiger partial charge is 0.168 e. The molecule has 2 rings (SSSR count). The maximum Gasteiger partial charge on any atom is 0.168 e. The maximum absolute atomic E-state index is 12.5. The summed E-state index contributed by atoms with van der Waals surface area (Å²) in [6, 6.07) is 5.44. The van der Waals surface area contributed by atoms with Crippen LogP contribution in [0.2, 0.25) is 0 Å². The van der Waals surface area contributed by atoms with Gasteiger partial charge >= 0.3 is 0 Å². The van der Waals surface area contributed by atoms with Crippen LogP contribution >= 0.6 is 0 Å². The molecule has 0 amide bonds. The molecule has 1 saturated carbocycles. The van der Waals surface area contributed by atoms with Crippen LogP contribution < -0.4 is 10.5 Å². The third-order valence-electron chi connectivity index (χ3n) is 4.35. The molecule has 0 heterocycles. The zero-order valence-electron chi connectivity index (χ0n) is 11.8. The number of para-hydroxylation sites is 1. The lowest BCUT2D eigenvalue weighted by Crippen LogP contribution is -2.22. The van der Waals surface area contributed by atoms with Crippen LogP contribution in [0.25, 0.3) is 0 Å². The average Bonchev–Trinajstić information content (AvgIpc) is 2.47. The van der Waals surface area contributed by atoms with Crippen molar-refractivity contribution in [2.45, 2.75) is 39.0 Å². The minimum absolute atomic E-state index is 0.136. The molecule has 19 heavy (non-hydrogen) atoms. The SMILES string of the molecule is CCC1CCC(C(=O)c2cccc(OC)c2N)CC1. The van der Waals surface area contributed by atoms with Crippen LogP contribution in [0.1, 0.15) is 49.4 Å². The summed E-state index contributed by atoms with van der Waals surface area (Å²) in [6.07, 6.45) is 5.54. The number of methoxy groups -OCH3 is 1. The second-order valence-corrected chi connectivity index (χ2v) is 5.41. The van der Waals surface area contributed by atoms with Crippen molar-refractivity contribution in [2.24, 2.45) is 11.8 Å². The monoisotopic (exact) mass is 261 g/mol. The molecular weight excluding hydrogens is 238 g/mol. The summed E-state index contributed by atoms with van der Waals surface area (Å²) in [5.41, 5.74) is 7.11. The van der Waals surface area contributed by atoms with Crippen LogP contribution in [-0.2, 0) is 0 Å². The van der Waals surface area contributed by atoms with Gasteiger partial charge in [-0.2, -0.15) is 0 Å². The highest BCUT2D eigenvalue weighted by molar-refractivity contribution is 6.03. The van der Waals surface area contributed by atoms with Gasteiger partial charge < -0.3 is 10.5 Å². The second-order valence-electron chi connectivity index (χ2n) is 5.41. The second kappa shape index (κ2) is 6.09. The molecule has 0 unspecified atom stereocenters. The van der Waals surface area contributed by atoms with Gasteiger partial charge in [0.1, 0.15) is 5.75 Å². The van der Waals surface area contributed by atoms with Crippen LogP contribution in [0, 0.1) is 11.8 Å². The lowest BCUT2D eigenvalue weighted by molar-refractivity contribution is 0.0871. The number of benzene rings is 1. The fourth-order valence-corrected chi connectivity index (χ4v) is 2.99. The Hall–Kier alpha value is -1.51. The summed E-state index contributed by atoms with van der Waals surface area (Å²) < 4.78 is 5.18. The molecule has 1 fully saturated rings. The number of carbonyl (C=O) groups excluding carboxylic acids is 1. The van der Waals surface area contributed by atoms with Crippen molar-refractivity contribution in [1.29, 1.82) is 0 Å². The number of rotatable bonds is 4. The predicted molar refractivity (Wildman–Crippen MR) is 77.5 cm³/mol. The maximum atomic E-state index is 12.5. The Morgan fingerprint density at radius 1 is 1.32 bits per heavy atom. The van der Waals surface area contributed by atoms with E-state index in [2.05, 4.69) is 6.92 Å². The molecule has 3 nitrogen and oxygen atoms in total. The number of ether oxygens (including phenoxy) is 1. The van der Waals surface area contributed by atoms with Crippen molar-refractivity contribution in [1.82, 2.24) is 0 Å². The highest BCUT2D eigenvalue weighted by Gasteiger charge is 2.27. The first-order valence-corrected chi connectivity index (χ1v) is 7.14. The lowest BCUT2D eigenvalue weighted by Gasteiger charge is -2.27. The van der Waals surface area contributed by atoms with E-state index in [1.165, 1.54) is 6.42 Å². The van der Waals surface area contributed by atoms with Gasteiger partial charge in [-0.05, 0) is 43.7 Å². The van der Waals surface area contributed by atoms with Crippen LogP contribution in [0.4, 0.5) is 5.69 Å². The van der Waals surface area contributed by atoms with Gasteiger partial charge in [0.05, 0.1) is 12.8 Å². The first-order valence-electron chi connectivity index (χ1n) is 7.14. The van der Waals surface area contributed by atoms with Crippen LogP contribution in [0.15, 0.2) is 18.2 Å². The van der Waals surface area contributed by atoms with Gasteiger partial charge in [-0.15, -0.1) is 0 Å². The van der Waals surface area contributed by atoms with E-state index in [9.17, 15) is 4.79 Å². The summed E-state index contributed by atoms with van der Waals surface area (Å²) >= 11 is 0. The number of nitrogen functional groups attached to an aromatic ring is 1. The first-order chi connectivity index (χ1) is 9.17. The molecular formula is C16H23NO2. The van der Waals surface area contributed by atoms with E-state index >= 15 is 0 Å². The van der Waals surface area contributed by atoms with Crippen molar-refractivity contribution in [2.75, 3.05) is 12.8 Å². The highest BCUT2D eigenvalue weighted by Crippen LogP contribution is 2.35. The Morgan fingerprint density at radius 3 is 2.58 bits per heavy atom. The third kappa shape index (κ3) is 2.91. The summed E-state index contributed by atoms with van der Waals surface area (Å²) in [6.45, 7) is 2.23. The van der Waals surface area contributed by atoms with Crippen molar-refractivity contribution in [3.8, 4) is 5.75 Å². The van der Waals surface area contributed by atoms with E-state index in [1.807, 2.05) is 12.1 Å². The quantitative estimate of drug-likeness (QED) is 0.664. The number of anilines is 1. The summed E-state index contributed by atoms with van der Waals surface area (Å²) in [4.78, 5) is 12.5. The number of hydrogen-bond donors (Lipinski definition) is 1. The Bertz CT molecular complexity index is 448. The predicted octanol–water partition coefficient (Wildman–Crippen LogP) is 3.68. The van der Waals surface area contributed by atoms with Crippen LogP contribution in [-0.4, -0.2) is 12.9 Å². The summed E-state index contributed by atoms with van der Waals surface area (Å²) in [5, 5.41) is 0. The molecule has 0 radical (unpaired) electrons. The van der Waals surface area contributed by atoms with Crippen molar-refractivity contribution in [3.05, 3.63) is 23.8 Å². The highest BCUT2D eigenvalue weighted by atomic mass is 16.5. The van der Waals surface area contributed by atoms with Crippen LogP contribution in [0.3, 0.4) is 0 Å². The van der Waals surface area contributed by atoms with Crippen molar-refractivity contribution < 1.29 is 9.53 Å². The molecule has 0 saturated heterocycles. The Kier molecular flexibility index (Phi) is 4.46. The first kappa shape index (κ1) is 13.9. The number of ketones is 1. The molecule has 104 valence electrons. The molecule has 0 atom stereocenters. The Balaban J connectivity index is 2.12. The Labute approximate surface area is 115 Å². The van der Waals surface area contributed by atoms with Crippen molar-refractivity contribution in [3.63, 3.8) is 0 Å². The van der Waals surface area contributed by atoms with Gasteiger partial charge in [0, 0.05) is 11.5 Å². The van der Waals surface area contributed by atoms with E-state index < -0.39 is 0 Å². The molecule has 3 heteroatoms. The van der Waals surface area contributed by atoms with E-state index in [0.29, 0.717) is 17.0 Å². The van der Waals surface area contributed by atoms with Gasteiger partial charge in [0.2, 0.25) is 0 Å². The molecule has 1 aromatic carbocycles. The van der Waals surface area contributed by atoms with E-state index in [0.717, 1.165) is 31.6 Å². The van der Waals surface area contributed by atoms with Gasteiger partial charge in [0.25, 0.3) is 0 Å². The molecule has 0 spiro atoms. The lowest BCUT2D eigenvalue weighted by atomic mass is 9.77. The normalized spacial score (nSPS) is 23.1. The largest absolute Gasteiger partial charge is 0.495 e. The fraction of sp³-hybridized carbons (Fsp3) is 0.562. The van der Waals surface area contributed by atoms with Gasteiger partial charge in [0.15, 0.2) is 5.78 Å². The minimum Gasteiger partial charge on any atom is -0.495 e. The number of carbonyl (C=O) groups is 1. The Morgan fingerprint density at radius 2 is 2.00 bits per heavy atom. The molecule has 0 bridgehead atoms. The standard InChI is InChI=1S/C16H23NO2/c1-3-11-7-9-12(10-8-11)16(18)13-5-4-6-14(19-2)15(13)17/h4-6,11-12H,3,7-10,17H2,1-2H3. The van der Waals surface area contributed by atoms with E-state index in [-0.39, 0.29) is 11.7 Å². The summed E-state index contributed by atoms with van der Waals surface area (Å²) in [7, 11) is 1.58. The van der Waals surface area contributed by atoms with Crippen molar-refractivity contribution >= 4 is 11.5 Å².